The molecule has 3 saturated carbocycles. The van der Waals surface area contributed by atoms with E-state index in [0.29, 0.717) is 10.8 Å². The first kappa shape index (κ1) is 9.55. The molecular formula is C13H24. The van der Waals surface area contributed by atoms with E-state index in [-0.39, 0.29) is 0 Å². The van der Waals surface area contributed by atoms with Crippen LogP contribution in [0.15, 0.2) is 0 Å². The Morgan fingerprint density at radius 1 is 0.615 bits per heavy atom. The van der Waals surface area contributed by atoms with Crippen molar-refractivity contribution in [3.05, 3.63) is 0 Å². The highest BCUT2D eigenvalue weighted by Crippen LogP contribution is 2.83. The molecule has 0 aromatic heterocycles. The maximum Gasteiger partial charge on any atom is -0.0232 e. The number of hydrogen-bond acceptors (Lipinski definition) is 0. The molecule has 0 unspecified atom stereocenters. The van der Waals surface area contributed by atoms with E-state index in [1.165, 1.54) is 19.3 Å². The summed E-state index contributed by atoms with van der Waals surface area (Å²) in [5, 5.41) is 0. The molecule has 76 valence electrons. The summed E-state index contributed by atoms with van der Waals surface area (Å²) >= 11 is 0. The fraction of sp³-hybridized carbons (Fsp3) is 1.00. The lowest BCUT2D eigenvalue weighted by Gasteiger charge is -2.80. The minimum atomic E-state index is 0.542. The highest BCUT2D eigenvalue weighted by atomic mass is 14.8. The van der Waals surface area contributed by atoms with E-state index in [4.69, 9.17) is 0 Å². The molecule has 3 fully saturated rings. The van der Waals surface area contributed by atoms with Gasteiger partial charge in [0.05, 0.1) is 0 Å². The summed E-state index contributed by atoms with van der Waals surface area (Å²) in [6, 6.07) is 0. The molecule has 3 aliphatic rings. The van der Waals surface area contributed by atoms with Crippen LogP contribution < -0.4 is 0 Å². The predicted molar refractivity (Wildman–Crippen MR) is 57.6 cm³/mol. The molecule has 2 bridgehead atoms. The second kappa shape index (κ2) is 1.99. The molecule has 0 aromatic carbocycles. The van der Waals surface area contributed by atoms with Crippen LogP contribution in [-0.2, 0) is 0 Å². The van der Waals surface area contributed by atoms with Crippen LogP contribution in [-0.4, -0.2) is 0 Å². The topological polar surface area (TPSA) is 0 Å². The standard InChI is InChI=1S/C13H24/c1-10(2,3)12-7-13(8-12,9-12)11(4,5)6/h7-9H2,1-6H3. The molecule has 0 spiro atoms. The van der Waals surface area contributed by atoms with E-state index >= 15 is 0 Å². The summed E-state index contributed by atoms with van der Waals surface area (Å²) in [5.41, 5.74) is 2.53. The van der Waals surface area contributed by atoms with Crippen molar-refractivity contribution in [2.24, 2.45) is 21.7 Å². The number of hydrogen-bond donors (Lipinski definition) is 0. The van der Waals surface area contributed by atoms with Gasteiger partial charge in [0.1, 0.15) is 0 Å². The Kier molecular flexibility index (Phi) is 1.46. The van der Waals surface area contributed by atoms with Crippen LogP contribution in [0.3, 0.4) is 0 Å². The maximum atomic E-state index is 2.42. The van der Waals surface area contributed by atoms with E-state index < -0.39 is 0 Å². The first-order valence-electron chi connectivity index (χ1n) is 5.62. The largest absolute Gasteiger partial charge is 0.0596 e. The summed E-state index contributed by atoms with van der Waals surface area (Å²) in [6.45, 7) is 14.5. The normalized spacial score (nSPS) is 43.8. The Balaban J connectivity index is 2.09. The molecule has 0 amide bonds. The van der Waals surface area contributed by atoms with Crippen LogP contribution >= 0.6 is 0 Å². The molecule has 3 aliphatic carbocycles. The van der Waals surface area contributed by atoms with Crippen LogP contribution in [0.5, 0.6) is 0 Å². The second-order valence-corrected chi connectivity index (χ2v) is 7.59. The van der Waals surface area contributed by atoms with E-state index in [0.717, 1.165) is 10.8 Å². The van der Waals surface area contributed by atoms with Crippen LogP contribution in [0.25, 0.3) is 0 Å². The third kappa shape index (κ3) is 0.926. The van der Waals surface area contributed by atoms with Gasteiger partial charge >= 0.3 is 0 Å². The van der Waals surface area contributed by atoms with E-state index in [9.17, 15) is 0 Å². The first-order chi connectivity index (χ1) is 5.62. The molecule has 0 heterocycles. The van der Waals surface area contributed by atoms with Crippen molar-refractivity contribution >= 4 is 0 Å². The summed E-state index contributed by atoms with van der Waals surface area (Å²) in [7, 11) is 0. The zero-order chi connectivity index (χ0) is 10.1. The minimum absolute atomic E-state index is 0.542. The lowest BCUT2D eigenvalue weighted by atomic mass is 9.25. The van der Waals surface area contributed by atoms with Gasteiger partial charge in [0, 0.05) is 0 Å². The number of rotatable bonds is 0. The van der Waals surface area contributed by atoms with Crippen molar-refractivity contribution in [1.29, 1.82) is 0 Å². The highest BCUT2D eigenvalue weighted by molar-refractivity contribution is 5.23. The Morgan fingerprint density at radius 3 is 1.00 bits per heavy atom. The summed E-state index contributed by atoms with van der Waals surface area (Å²) in [6.07, 6.45) is 4.48. The zero-order valence-electron chi connectivity index (χ0n) is 10.1. The summed E-state index contributed by atoms with van der Waals surface area (Å²) in [4.78, 5) is 0. The molecule has 0 atom stereocenters. The molecule has 0 heteroatoms. The van der Waals surface area contributed by atoms with Crippen LogP contribution in [0.4, 0.5) is 0 Å². The predicted octanol–water partition coefficient (Wildman–Crippen LogP) is 4.25. The van der Waals surface area contributed by atoms with Gasteiger partial charge in [-0.15, -0.1) is 0 Å². The van der Waals surface area contributed by atoms with Crippen molar-refractivity contribution in [1.82, 2.24) is 0 Å². The van der Waals surface area contributed by atoms with Crippen LogP contribution in [0.2, 0.25) is 0 Å². The Hall–Kier alpha value is 0. The quantitative estimate of drug-likeness (QED) is 0.523. The zero-order valence-corrected chi connectivity index (χ0v) is 10.1. The molecule has 0 saturated heterocycles. The molecular weight excluding hydrogens is 156 g/mol. The van der Waals surface area contributed by atoms with E-state index in [2.05, 4.69) is 41.5 Å². The monoisotopic (exact) mass is 180 g/mol. The van der Waals surface area contributed by atoms with Crippen molar-refractivity contribution in [2.45, 2.75) is 60.8 Å². The van der Waals surface area contributed by atoms with Gasteiger partial charge in [0.2, 0.25) is 0 Å². The first-order valence-corrected chi connectivity index (χ1v) is 5.62. The molecule has 0 nitrogen and oxygen atoms in total. The van der Waals surface area contributed by atoms with Crippen molar-refractivity contribution in [2.75, 3.05) is 0 Å². The van der Waals surface area contributed by atoms with Gasteiger partial charge in [-0.2, -0.15) is 0 Å². The van der Waals surface area contributed by atoms with Crippen LogP contribution in [0, 0.1) is 21.7 Å². The maximum absolute atomic E-state index is 2.42. The van der Waals surface area contributed by atoms with Crippen molar-refractivity contribution < 1.29 is 0 Å². The van der Waals surface area contributed by atoms with Gasteiger partial charge in [-0.05, 0) is 40.9 Å². The van der Waals surface area contributed by atoms with Gasteiger partial charge < -0.3 is 0 Å². The average molecular weight is 180 g/mol. The lowest BCUT2D eigenvalue weighted by molar-refractivity contribution is -0.302. The second-order valence-electron chi connectivity index (χ2n) is 7.59. The minimum Gasteiger partial charge on any atom is -0.0596 e. The Labute approximate surface area is 83.1 Å². The van der Waals surface area contributed by atoms with Gasteiger partial charge in [0.15, 0.2) is 0 Å². The fourth-order valence-corrected chi connectivity index (χ4v) is 3.38. The van der Waals surface area contributed by atoms with Gasteiger partial charge in [-0.3, -0.25) is 0 Å². The van der Waals surface area contributed by atoms with Gasteiger partial charge in [-0.1, -0.05) is 41.5 Å². The average Bonchev–Trinajstić information content (AvgIpc) is 1.41. The van der Waals surface area contributed by atoms with Crippen molar-refractivity contribution in [3.63, 3.8) is 0 Å². The smallest absolute Gasteiger partial charge is 0.0232 e. The molecule has 0 aromatic rings. The van der Waals surface area contributed by atoms with Gasteiger partial charge in [0.25, 0.3) is 0 Å². The molecule has 0 aliphatic heterocycles. The molecule has 3 rings (SSSR count). The molecule has 0 N–H and O–H groups in total. The third-order valence-electron chi connectivity index (χ3n) is 5.21. The SMILES string of the molecule is CC(C)(C)C12CC(C(C)(C)C)(C1)C2. The summed E-state index contributed by atoms with van der Waals surface area (Å²) < 4.78 is 0. The van der Waals surface area contributed by atoms with E-state index in [1.807, 2.05) is 0 Å². The summed E-state index contributed by atoms with van der Waals surface area (Å²) in [5.74, 6) is 0. The van der Waals surface area contributed by atoms with Gasteiger partial charge in [-0.25, -0.2) is 0 Å². The van der Waals surface area contributed by atoms with Crippen molar-refractivity contribution in [3.8, 4) is 0 Å². The lowest BCUT2D eigenvalue weighted by Crippen LogP contribution is -2.71. The third-order valence-corrected chi connectivity index (χ3v) is 5.21. The Bertz CT molecular complexity index is 190. The Morgan fingerprint density at radius 2 is 0.846 bits per heavy atom. The van der Waals surface area contributed by atoms with E-state index in [1.54, 1.807) is 0 Å². The fourth-order valence-electron chi connectivity index (χ4n) is 3.38. The molecule has 13 heavy (non-hydrogen) atoms. The highest BCUT2D eigenvalue weighted by Gasteiger charge is 2.74. The van der Waals surface area contributed by atoms with Crippen LogP contribution in [0.1, 0.15) is 60.8 Å². The molecule has 0 radical (unpaired) electrons.